The number of esters is 2. The van der Waals surface area contributed by atoms with Crippen LogP contribution >= 0.6 is 0 Å². The lowest BCUT2D eigenvalue weighted by Gasteiger charge is -2.17. The van der Waals surface area contributed by atoms with Crippen molar-refractivity contribution < 1.29 is 43.1 Å². The number of nitro benzene ring substituents is 2. The summed E-state index contributed by atoms with van der Waals surface area (Å²) >= 11 is 0. The van der Waals surface area contributed by atoms with E-state index in [-0.39, 0.29) is 36.1 Å². The molecular formula is C25H30N4O11. The molecule has 0 amide bonds. The smallest absolute Gasteiger partial charge is 0.343 e. The third-order valence-electron chi connectivity index (χ3n) is 5.87. The Balaban J connectivity index is 0.000000222. The quantitative estimate of drug-likeness (QED) is 0.156. The number of ether oxygens (including phenoxy) is 5. The van der Waals surface area contributed by atoms with E-state index in [1.54, 1.807) is 19.2 Å². The van der Waals surface area contributed by atoms with Crippen LogP contribution in [0.2, 0.25) is 0 Å². The number of hydrogen-bond donors (Lipinski definition) is 2. The Morgan fingerprint density at radius 3 is 1.73 bits per heavy atom. The van der Waals surface area contributed by atoms with Gasteiger partial charge in [0.1, 0.15) is 5.72 Å². The first-order valence-corrected chi connectivity index (χ1v) is 12.2. The van der Waals surface area contributed by atoms with Gasteiger partial charge in [-0.25, -0.2) is 9.59 Å². The highest BCUT2D eigenvalue weighted by atomic mass is 16.6. The van der Waals surface area contributed by atoms with Crippen molar-refractivity contribution in [2.24, 2.45) is 0 Å². The Morgan fingerprint density at radius 1 is 0.850 bits per heavy atom. The Labute approximate surface area is 229 Å². The molecule has 2 saturated carbocycles. The molecule has 0 saturated heterocycles. The molecule has 40 heavy (non-hydrogen) atoms. The minimum atomic E-state index is -0.609. The molecule has 15 heteroatoms. The number of carbonyl (C=O) groups excluding carboxylic acids is 2. The number of nitrogens with zero attached hydrogens (tertiary/aromatic N) is 2. The van der Waals surface area contributed by atoms with E-state index < -0.39 is 27.5 Å². The molecule has 0 unspecified atom stereocenters. The maximum Gasteiger partial charge on any atom is 0.343 e. The average molecular weight is 563 g/mol. The predicted molar refractivity (Wildman–Crippen MR) is 140 cm³/mol. The molecule has 2 aliphatic carbocycles. The van der Waals surface area contributed by atoms with Crippen LogP contribution in [0.3, 0.4) is 0 Å². The number of nitro groups is 2. The molecule has 2 N–H and O–H groups in total. The van der Waals surface area contributed by atoms with Crippen LogP contribution in [0.15, 0.2) is 36.4 Å². The molecule has 2 aromatic rings. The second kappa shape index (κ2) is 13.4. The van der Waals surface area contributed by atoms with Crippen molar-refractivity contribution in [3.8, 4) is 11.5 Å². The van der Waals surface area contributed by atoms with E-state index in [0.717, 1.165) is 25.7 Å². The summed E-state index contributed by atoms with van der Waals surface area (Å²) in [4.78, 5) is 42.9. The van der Waals surface area contributed by atoms with Crippen LogP contribution in [0.25, 0.3) is 0 Å². The number of methoxy groups -OCH3 is 3. The van der Waals surface area contributed by atoms with E-state index >= 15 is 0 Å². The molecule has 0 spiro atoms. The lowest BCUT2D eigenvalue weighted by atomic mass is 10.2. The molecule has 216 valence electrons. The lowest BCUT2D eigenvalue weighted by Crippen LogP contribution is -2.23. The Bertz CT molecular complexity index is 1250. The average Bonchev–Trinajstić information content (AvgIpc) is 3.89. The van der Waals surface area contributed by atoms with E-state index in [1.165, 1.54) is 38.5 Å². The van der Waals surface area contributed by atoms with Crippen LogP contribution in [0, 0.1) is 20.2 Å². The Kier molecular flexibility index (Phi) is 10.0. The van der Waals surface area contributed by atoms with Gasteiger partial charge in [0.15, 0.2) is 24.7 Å². The minimum Gasteiger partial charge on any atom is -0.475 e. The van der Waals surface area contributed by atoms with Crippen molar-refractivity contribution in [1.29, 1.82) is 0 Å². The van der Waals surface area contributed by atoms with Gasteiger partial charge in [0, 0.05) is 36.7 Å². The first kappa shape index (κ1) is 29.9. The molecule has 0 atom stereocenters. The number of benzene rings is 2. The fourth-order valence-electron chi connectivity index (χ4n) is 3.34. The molecule has 0 aromatic heterocycles. The largest absolute Gasteiger partial charge is 0.475 e. The molecule has 4 rings (SSSR count). The van der Waals surface area contributed by atoms with Crippen molar-refractivity contribution in [3.63, 3.8) is 0 Å². The van der Waals surface area contributed by atoms with E-state index in [4.69, 9.17) is 14.2 Å². The molecule has 2 aromatic carbocycles. The van der Waals surface area contributed by atoms with Crippen molar-refractivity contribution in [1.82, 2.24) is 0 Å². The van der Waals surface area contributed by atoms with Crippen molar-refractivity contribution in [3.05, 3.63) is 56.6 Å². The van der Waals surface area contributed by atoms with Gasteiger partial charge >= 0.3 is 23.3 Å². The molecule has 2 fully saturated rings. The molecule has 15 nitrogen and oxygen atoms in total. The minimum absolute atomic E-state index is 0.0122. The van der Waals surface area contributed by atoms with Crippen LogP contribution in [-0.4, -0.2) is 68.1 Å². The fourth-order valence-corrected chi connectivity index (χ4v) is 3.34. The van der Waals surface area contributed by atoms with Crippen LogP contribution in [0.1, 0.15) is 25.7 Å². The summed E-state index contributed by atoms with van der Waals surface area (Å²) in [5.41, 5.74) is 0.416. The first-order chi connectivity index (χ1) is 19.1. The molecule has 0 aliphatic heterocycles. The van der Waals surface area contributed by atoms with Crippen molar-refractivity contribution in [2.75, 3.05) is 45.2 Å². The number of rotatable bonds is 13. The van der Waals surface area contributed by atoms with Gasteiger partial charge in [0.25, 0.3) is 0 Å². The normalized spacial score (nSPS) is 14.5. The summed E-state index contributed by atoms with van der Waals surface area (Å²) in [6.07, 6.45) is 3.85. The zero-order valence-electron chi connectivity index (χ0n) is 22.2. The van der Waals surface area contributed by atoms with Gasteiger partial charge in [-0.15, -0.1) is 0 Å². The SMILES string of the molecule is COC(=O)COc1ccc(NC2(OC)CC2)cc1[N+](=O)[O-].COC(=O)COc1ccc(NC2CC2)cc1[N+](=O)[O-]. The summed E-state index contributed by atoms with van der Waals surface area (Å²) in [7, 11) is 4.03. The second-order valence-corrected chi connectivity index (χ2v) is 8.85. The van der Waals surface area contributed by atoms with Crippen LogP contribution < -0.4 is 20.1 Å². The maximum atomic E-state index is 11.1. The topological polar surface area (TPSA) is 191 Å². The first-order valence-electron chi connectivity index (χ1n) is 12.2. The van der Waals surface area contributed by atoms with Gasteiger partial charge in [-0.3, -0.25) is 20.2 Å². The van der Waals surface area contributed by atoms with E-state index in [1.807, 2.05) is 0 Å². The summed E-state index contributed by atoms with van der Waals surface area (Å²) < 4.78 is 24.3. The maximum absolute atomic E-state index is 11.1. The number of nitrogens with one attached hydrogen (secondary N) is 2. The molecular weight excluding hydrogens is 532 g/mol. The third kappa shape index (κ3) is 8.69. The van der Waals surface area contributed by atoms with Crippen molar-refractivity contribution >= 4 is 34.7 Å². The molecule has 0 heterocycles. The third-order valence-corrected chi connectivity index (χ3v) is 5.87. The highest BCUT2D eigenvalue weighted by Crippen LogP contribution is 2.41. The fraction of sp³-hybridized carbons (Fsp3) is 0.440. The number of hydrogen-bond acceptors (Lipinski definition) is 13. The zero-order valence-corrected chi connectivity index (χ0v) is 22.2. The van der Waals surface area contributed by atoms with Crippen LogP contribution in [0.5, 0.6) is 11.5 Å². The van der Waals surface area contributed by atoms with Gasteiger partial charge in [0.05, 0.1) is 24.1 Å². The monoisotopic (exact) mass is 562 g/mol. The summed E-state index contributed by atoms with van der Waals surface area (Å²) in [6, 6.07) is 9.41. The molecule has 2 aliphatic rings. The lowest BCUT2D eigenvalue weighted by molar-refractivity contribution is -0.385. The molecule has 0 bridgehead atoms. The second-order valence-electron chi connectivity index (χ2n) is 8.85. The number of anilines is 2. The van der Waals surface area contributed by atoms with Gasteiger partial charge < -0.3 is 34.3 Å². The number of carbonyl (C=O) groups is 2. The van der Waals surface area contributed by atoms with E-state index in [2.05, 4.69) is 20.1 Å². The summed E-state index contributed by atoms with van der Waals surface area (Å²) in [5.74, 6) is -1.13. The van der Waals surface area contributed by atoms with E-state index in [0.29, 0.717) is 17.4 Å². The summed E-state index contributed by atoms with van der Waals surface area (Å²) in [5, 5.41) is 28.3. The highest BCUT2D eigenvalue weighted by Gasteiger charge is 2.43. The van der Waals surface area contributed by atoms with Gasteiger partial charge in [-0.2, -0.15) is 0 Å². The summed E-state index contributed by atoms with van der Waals surface area (Å²) in [6.45, 7) is -0.737. The van der Waals surface area contributed by atoms with Crippen molar-refractivity contribution in [2.45, 2.75) is 37.5 Å². The van der Waals surface area contributed by atoms with Gasteiger partial charge in [-0.1, -0.05) is 0 Å². The molecule has 0 radical (unpaired) electrons. The Morgan fingerprint density at radius 2 is 1.32 bits per heavy atom. The zero-order chi connectivity index (χ0) is 29.3. The van der Waals surface area contributed by atoms with Crippen LogP contribution in [0.4, 0.5) is 22.7 Å². The Hall–Kier alpha value is -4.66. The standard InChI is InChI=1S/C13H16N2O6.C12H14N2O5/c1-19-12(16)8-21-11-4-3-9(7-10(11)15(17)18)14-13(20-2)5-6-13;1-18-12(15)7-19-11-5-4-9(13-8-2-3-8)6-10(11)14(16)17/h3-4,7,14H,5-6,8H2,1-2H3;4-6,8,13H,2-3,7H2,1H3. The van der Waals surface area contributed by atoms with Gasteiger partial charge in [-0.05, 0) is 49.9 Å². The van der Waals surface area contributed by atoms with E-state index in [9.17, 15) is 29.8 Å². The highest BCUT2D eigenvalue weighted by molar-refractivity contribution is 5.72. The predicted octanol–water partition coefficient (Wildman–Crippen LogP) is 3.42. The van der Waals surface area contributed by atoms with Gasteiger partial charge in [0.2, 0.25) is 0 Å². The van der Waals surface area contributed by atoms with Crippen LogP contribution in [-0.2, 0) is 23.8 Å².